The second kappa shape index (κ2) is 4.64. The lowest BCUT2D eigenvalue weighted by molar-refractivity contribution is 0.170. The molecule has 0 unspecified atom stereocenters. The predicted molar refractivity (Wildman–Crippen MR) is 61.2 cm³/mol. The first-order valence-corrected chi connectivity index (χ1v) is 5.75. The molecule has 1 aromatic heterocycles. The molecule has 1 aliphatic heterocycles. The van der Waals surface area contributed by atoms with Gasteiger partial charge in [-0.15, -0.1) is 0 Å². The smallest absolute Gasteiger partial charge is 0.164 e. The third kappa shape index (κ3) is 2.13. The van der Waals surface area contributed by atoms with Gasteiger partial charge in [-0.05, 0) is 24.5 Å². The number of benzene rings is 1. The van der Waals surface area contributed by atoms with Gasteiger partial charge in [0.05, 0.1) is 11.9 Å². The lowest BCUT2D eigenvalue weighted by atomic mass is 10.1. The second-order valence-corrected chi connectivity index (χ2v) is 4.05. The quantitative estimate of drug-likeness (QED) is 0.895. The fraction of sp³-hybridized carbons (Fsp3) is 0.333. The average molecular weight is 249 g/mol. The van der Waals surface area contributed by atoms with Crippen molar-refractivity contribution in [2.24, 2.45) is 0 Å². The number of aromatic amines is 1. The maximum absolute atomic E-state index is 13.8. The summed E-state index contributed by atoms with van der Waals surface area (Å²) in [6.45, 7) is 0.964. The number of nitrogens with one attached hydrogen (secondary N) is 1. The summed E-state index contributed by atoms with van der Waals surface area (Å²) in [5.74, 6) is 0.810. The Balaban J connectivity index is 1.79. The highest BCUT2D eigenvalue weighted by Gasteiger charge is 2.15. The standard InChI is InChI=1S/C12H12FN3O2/c13-10-6-12-11(17-3-4-18-12)5-8(10)1-2-9-7-14-16-15-9/h5-7H,1-4H2,(H,14,15,16). The Morgan fingerprint density at radius 1 is 1.17 bits per heavy atom. The molecule has 0 aliphatic carbocycles. The average Bonchev–Trinajstić information content (AvgIpc) is 2.89. The van der Waals surface area contributed by atoms with Crippen LogP contribution in [0.25, 0.3) is 0 Å². The molecule has 0 bridgehead atoms. The van der Waals surface area contributed by atoms with Crippen molar-refractivity contribution < 1.29 is 13.9 Å². The molecule has 1 aromatic carbocycles. The molecule has 0 radical (unpaired) electrons. The molecule has 2 aromatic rings. The number of aryl methyl sites for hydroxylation is 2. The zero-order valence-electron chi connectivity index (χ0n) is 9.65. The zero-order valence-corrected chi connectivity index (χ0v) is 9.65. The topological polar surface area (TPSA) is 60.0 Å². The van der Waals surface area contributed by atoms with E-state index in [0.29, 0.717) is 43.1 Å². The van der Waals surface area contributed by atoms with Crippen LogP contribution in [0.15, 0.2) is 18.3 Å². The molecule has 0 saturated heterocycles. The van der Waals surface area contributed by atoms with E-state index in [2.05, 4.69) is 15.4 Å². The molecule has 1 aliphatic rings. The first-order valence-electron chi connectivity index (χ1n) is 5.75. The lowest BCUT2D eigenvalue weighted by Gasteiger charge is -2.19. The molecule has 6 heteroatoms. The molecule has 0 saturated carbocycles. The number of nitrogens with zero attached hydrogens (tertiary/aromatic N) is 2. The largest absolute Gasteiger partial charge is 0.486 e. The Kier molecular flexibility index (Phi) is 2.84. The van der Waals surface area contributed by atoms with Gasteiger partial charge in [0.15, 0.2) is 11.5 Å². The van der Waals surface area contributed by atoms with Gasteiger partial charge < -0.3 is 9.47 Å². The van der Waals surface area contributed by atoms with Gasteiger partial charge in [-0.1, -0.05) is 0 Å². The number of rotatable bonds is 3. The number of aromatic nitrogens is 3. The summed E-state index contributed by atoms with van der Waals surface area (Å²) >= 11 is 0. The van der Waals surface area contributed by atoms with Gasteiger partial charge in [-0.2, -0.15) is 15.4 Å². The molecule has 1 N–H and O–H groups in total. The van der Waals surface area contributed by atoms with Crippen molar-refractivity contribution >= 4 is 0 Å². The molecule has 0 spiro atoms. The summed E-state index contributed by atoms with van der Waals surface area (Å²) in [6, 6.07) is 3.08. The van der Waals surface area contributed by atoms with Crippen LogP contribution in [-0.4, -0.2) is 28.6 Å². The highest BCUT2D eigenvalue weighted by atomic mass is 19.1. The molecule has 18 heavy (non-hydrogen) atoms. The third-order valence-electron chi connectivity index (χ3n) is 2.83. The van der Waals surface area contributed by atoms with E-state index in [0.717, 1.165) is 5.69 Å². The number of fused-ring (bicyclic) bond motifs is 1. The van der Waals surface area contributed by atoms with Crippen LogP contribution in [0.3, 0.4) is 0 Å². The minimum absolute atomic E-state index is 0.275. The van der Waals surface area contributed by atoms with Crippen LogP contribution in [0, 0.1) is 5.82 Å². The van der Waals surface area contributed by atoms with Gasteiger partial charge in [0, 0.05) is 6.07 Å². The minimum atomic E-state index is -0.275. The van der Waals surface area contributed by atoms with E-state index in [-0.39, 0.29) is 5.82 Å². The fourth-order valence-corrected chi connectivity index (χ4v) is 1.91. The van der Waals surface area contributed by atoms with Crippen molar-refractivity contribution in [1.82, 2.24) is 15.4 Å². The molecule has 0 amide bonds. The van der Waals surface area contributed by atoms with E-state index in [1.807, 2.05) is 0 Å². The van der Waals surface area contributed by atoms with Crippen molar-refractivity contribution in [2.45, 2.75) is 12.8 Å². The molecule has 5 nitrogen and oxygen atoms in total. The highest BCUT2D eigenvalue weighted by Crippen LogP contribution is 2.32. The van der Waals surface area contributed by atoms with E-state index in [1.54, 1.807) is 12.3 Å². The Labute approximate surface area is 103 Å². The molecule has 0 atom stereocenters. The summed E-state index contributed by atoms with van der Waals surface area (Å²) in [4.78, 5) is 0. The van der Waals surface area contributed by atoms with Gasteiger partial charge in [-0.25, -0.2) is 4.39 Å². The Bertz CT molecular complexity index is 543. The maximum atomic E-state index is 13.8. The number of halogens is 1. The van der Waals surface area contributed by atoms with Gasteiger partial charge in [0.25, 0.3) is 0 Å². The van der Waals surface area contributed by atoms with E-state index in [9.17, 15) is 4.39 Å². The van der Waals surface area contributed by atoms with Crippen LogP contribution in [0.2, 0.25) is 0 Å². The first-order chi connectivity index (χ1) is 8.83. The van der Waals surface area contributed by atoms with E-state index >= 15 is 0 Å². The zero-order chi connectivity index (χ0) is 12.4. The van der Waals surface area contributed by atoms with Crippen LogP contribution in [0.1, 0.15) is 11.3 Å². The number of ether oxygens (including phenoxy) is 2. The van der Waals surface area contributed by atoms with Gasteiger partial charge in [0.2, 0.25) is 0 Å². The molecule has 2 heterocycles. The Hall–Kier alpha value is -2.11. The second-order valence-electron chi connectivity index (χ2n) is 4.05. The van der Waals surface area contributed by atoms with Crippen LogP contribution < -0.4 is 9.47 Å². The summed E-state index contributed by atoms with van der Waals surface area (Å²) in [7, 11) is 0. The van der Waals surface area contributed by atoms with E-state index < -0.39 is 0 Å². The van der Waals surface area contributed by atoms with Crippen molar-refractivity contribution in [2.75, 3.05) is 13.2 Å². The summed E-state index contributed by atoms with van der Waals surface area (Å²) in [5.41, 5.74) is 1.41. The predicted octanol–water partition coefficient (Wildman–Crippen LogP) is 1.50. The Morgan fingerprint density at radius 2 is 1.94 bits per heavy atom. The van der Waals surface area contributed by atoms with Gasteiger partial charge >= 0.3 is 0 Å². The molecule has 94 valence electrons. The van der Waals surface area contributed by atoms with Crippen LogP contribution in [-0.2, 0) is 12.8 Å². The van der Waals surface area contributed by atoms with Gasteiger partial charge in [0.1, 0.15) is 19.0 Å². The summed E-state index contributed by atoms with van der Waals surface area (Å²) in [6.07, 6.45) is 2.82. The summed E-state index contributed by atoms with van der Waals surface area (Å²) < 4.78 is 24.6. The third-order valence-corrected chi connectivity index (χ3v) is 2.83. The highest BCUT2D eigenvalue weighted by molar-refractivity contribution is 5.44. The lowest BCUT2D eigenvalue weighted by Crippen LogP contribution is -2.16. The summed E-state index contributed by atoms with van der Waals surface area (Å²) in [5, 5.41) is 10.2. The normalized spacial score (nSPS) is 13.6. The van der Waals surface area contributed by atoms with E-state index in [4.69, 9.17) is 9.47 Å². The van der Waals surface area contributed by atoms with Crippen molar-refractivity contribution in [3.05, 3.63) is 35.4 Å². The number of hydrogen-bond acceptors (Lipinski definition) is 4. The fourth-order valence-electron chi connectivity index (χ4n) is 1.91. The van der Waals surface area contributed by atoms with Crippen molar-refractivity contribution in [3.8, 4) is 11.5 Å². The molecular formula is C12H12FN3O2. The minimum Gasteiger partial charge on any atom is -0.486 e. The van der Waals surface area contributed by atoms with Crippen LogP contribution in [0.5, 0.6) is 11.5 Å². The SMILES string of the molecule is Fc1cc2c(cc1CCc1cn[nH]n1)OCCO2. The van der Waals surface area contributed by atoms with Crippen LogP contribution >= 0.6 is 0 Å². The van der Waals surface area contributed by atoms with Gasteiger partial charge in [-0.3, -0.25) is 0 Å². The van der Waals surface area contributed by atoms with Crippen LogP contribution in [0.4, 0.5) is 4.39 Å². The van der Waals surface area contributed by atoms with E-state index in [1.165, 1.54) is 6.07 Å². The van der Waals surface area contributed by atoms with Crippen molar-refractivity contribution in [3.63, 3.8) is 0 Å². The Morgan fingerprint density at radius 3 is 2.67 bits per heavy atom. The number of hydrogen-bond donors (Lipinski definition) is 1. The van der Waals surface area contributed by atoms with Crippen molar-refractivity contribution in [1.29, 1.82) is 0 Å². The molecular weight excluding hydrogens is 237 g/mol. The monoisotopic (exact) mass is 249 g/mol. The maximum Gasteiger partial charge on any atom is 0.164 e. The molecule has 0 fully saturated rings. The number of H-pyrrole nitrogens is 1. The molecule has 3 rings (SSSR count). The first kappa shape index (κ1) is 11.0.